The number of hydrogen-bond acceptors (Lipinski definition) is 7. The van der Waals surface area contributed by atoms with Crippen molar-refractivity contribution in [3.8, 4) is 11.5 Å². The highest BCUT2D eigenvalue weighted by atomic mass is 16.7. The number of aliphatic carboxylic acids is 1. The molecule has 1 aliphatic heterocycles. The predicted molar refractivity (Wildman–Crippen MR) is 85.5 cm³/mol. The number of carbonyl (C=O) groups is 2. The van der Waals surface area contributed by atoms with Crippen molar-refractivity contribution in [3.05, 3.63) is 63.7 Å². The number of nitro benzene ring substituents is 1. The summed E-state index contributed by atoms with van der Waals surface area (Å²) in [6.45, 7) is 0.0595. The van der Waals surface area contributed by atoms with Gasteiger partial charge in [-0.05, 0) is 23.8 Å². The summed E-state index contributed by atoms with van der Waals surface area (Å²) in [4.78, 5) is 33.7. The van der Waals surface area contributed by atoms with Gasteiger partial charge in [-0.25, -0.2) is 0 Å². The van der Waals surface area contributed by atoms with Gasteiger partial charge in [0, 0.05) is 30.1 Å². The zero-order valence-corrected chi connectivity index (χ0v) is 13.3. The molecular weight excluding hydrogens is 344 g/mol. The molecule has 9 nitrogen and oxygen atoms in total. The Labute approximate surface area is 147 Å². The van der Waals surface area contributed by atoms with E-state index in [2.05, 4.69) is 5.32 Å². The quantitative estimate of drug-likeness (QED) is 0.601. The third-order valence-electron chi connectivity index (χ3n) is 3.79. The van der Waals surface area contributed by atoms with Gasteiger partial charge in [0.1, 0.15) is 0 Å². The van der Waals surface area contributed by atoms with Gasteiger partial charge in [0.25, 0.3) is 11.6 Å². The van der Waals surface area contributed by atoms with Crippen LogP contribution in [0, 0.1) is 10.1 Å². The van der Waals surface area contributed by atoms with E-state index < -0.39 is 29.3 Å². The SMILES string of the molecule is O=C([O-])C[C@H](NC(=O)c1cccc([N+](=O)[O-])c1)c1ccc2c(c1)OCO2. The lowest BCUT2D eigenvalue weighted by Crippen LogP contribution is -2.34. The van der Waals surface area contributed by atoms with Crippen LogP contribution in [0.1, 0.15) is 28.4 Å². The molecule has 1 aliphatic rings. The Hall–Kier alpha value is -3.62. The molecular formula is C17H13N2O7-. The number of nitrogens with zero attached hydrogens (tertiary/aromatic N) is 1. The Morgan fingerprint density at radius 2 is 1.92 bits per heavy atom. The highest BCUT2D eigenvalue weighted by molar-refractivity contribution is 5.95. The number of rotatable bonds is 6. The summed E-state index contributed by atoms with van der Waals surface area (Å²) >= 11 is 0. The van der Waals surface area contributed by atoms with Crippen LogP contribution >= 0.6 is 0 Å². The lowest BCUT2D eigenvalue weighted by atomic mass is 10.0. The first kappa shape index (κ1) is 17.2. The van der Waals surface area contributed by atoms with Gasteiger partial charge >= 0.3 is 0 Å². The molecule has 134 valence electrons. The minimum Gasteiger partial charge on any atom is -0.550 e. The van der Waals surface area contributed by atoms with Crippen molar-refractivity contribution in [1.29, 1.82) is 0 Å². The molecule has 0 aromatic heterocycles. The van der Waals surface area contributed by atoms with Crippen LogP contribution in [-0.4, -0.2) is 23.6 Å². The number of nitro groups is 1. The number of amides is 1. The number of nitrogens with one attached hydrogen (secondary N) is 1. The van der Waals surface area contributed by atoms with Crippen molar-refractivity contribution in [1.82, 2.24) is 5.32 Å². The lowest BCUT2D eigenvalue weighted by molar-refractivity contribution is -0.384. The van der Waals surface area contributed by atoms with Crippen LogP contribution in [-0.2, 0) is 4.79 Å². The maximum atomic E-state index is 12.4. The third kappa shape index (κ3) is 3.72. The van der Waals surface area contributed by atoms with Crippen molar-refractivity contribution in [2.24, 2.45) is 0 Å². The summed E-state index contributed by atoms with van der Waals surface area (Å²) < 4.78 is 10.5. The van der Waals surface area contributed by atoms with Crippen molar-refractivity contribution < 1.29 is 29.1 Å². The Balaban J connectivity index is 1.84. The fourth-order valence-electron chi connectivity index (χ4n) is 2.55. The van der Waals surface area contributed by atoms with Crippen LogP contribution in [0.2, 0.25) is 0 Å². The second-order valence-electron chi connectivity index (χ2n) is 5.52. The Morgan fingerprint density at radius 1 is 1.15 bits per heavy atom. The van der Waals surface area contributed by atoms with Gasteiger partial charge in [-0.2, -0.15) is 0 Å². The molecule has 0 aliphatic carbocycles. The van der Waals surface area contributed by atoms with Gasteiger partial charge < -0.3 is 24.7 Å². The molecule has 1 heterocycles. The number of fused-ring (bicyclic) bond motifs is 1. The van der Waals surface area contributed by atoms with Crippen LogP contribution in [0.25, 0.3) is 0 Å². The highest BCUT2D eigenvalue weighted by Gasteiger charge is 2.21. The summed E-state index contributed by atoms with van der Waals surface area (Å²) in [5, 5.41) is 24.5. The molecule has 1 atom stereocenters. The summed E-state index contributed by atoms with van der Waals surface area (Å²) in [5.41, 5.74) is 0.290. The Kier molecular flexibility index (Phi) is 4.70. The molecule has 0 spiro atoms. The van der Waals surface area contributed by atoms with E-state index in [1.807, 2.05) is 0 Å². The smallest absolute Gasteiger partial charge is 0.270 e. The molecule has 0 saturated heterocycles. The monoisotopic (exact) mass is 357 g/mol. The minimum atomic E-state index is -1.35. The van der Waals surface area contributed by atoms with Crippen molar-refractivity contribution >= 4 is 17.6 Å². The maximum Gasteiger partial charge on any atom is 0.270 e. The largest absolute Gasteiger partial charge is 0.550 e. The zero-order chi connectivity index (χ0) is 18.7. The molecule has 2 aromatic rings. The van der Waals surface area contributed by atoms with Gasteiger partial charge in [0.05, 0.1) is 11.0 Å². The van der Waals surface area contributed by atoms with Crippen LogP contribution in [0.5, 0.6) is 11.5 Å². The van der Waals surface area contributed by atoms with Crippen LogP contribution in [0.15, 0.2) is 42.5 Å². The van der Waals surface area contributed by atoms with Crippen LogP contribution < -0.4 is 19.9 Å². The van der Waals surface area contributed by atoms with Gasteiger partial charge in [-0.15, -0.1) is 0 Å². The maximum absolute atomic E-state index is 12.4. The molecule has 9 heteroatoms. The average molecular weight is 357 g/mol. The van der Waals surface area contributed by atoms with Gasteiger partial charge in [0.15, 0.2) is 11.5 Å². The standard InChI is InChI=1S/C17H14N2O7/c20-16(21)8-13(10-4-5-14-15(7-10)26-9-25-14)18-17(22)11-2-1-3-12(6-11)19(23)24/h1-7,13H,8-9H2,(H,18,22)(H,20,21)/p-1/t13-/m0/s1. The second kappa shape index (κ2) is 7.09. The first-order chi connectivity index (χ1) is 12.4. The number of hydrogen-bond donors (Lipinski definition) is 1. The first-order valence-electron chi connectivity index (χ1n) is 7.59. The summed E-state index contributed by atoms with van der Waals surface area (Å²) in [6.07, 6.45) is -0.472. The molecule has 0 bridgehead atoms. The average Bonchev–Trinajstić information content (AvgIpc) is 3.08. The molecule has 3 rings (SSSR count). The number of carboxylic acids is 1. The van der Waals surface area contributed by atoms with E-state index in [1.165, 1.54) is 18.2 Å². The number of ether oxygens (including phenoxy) is 2. The number of non-ortho nitro benzene ring substituents is 1. The zero-order valence-electron chi connectivity index (χ0n) is 13.3. The van der Waals surface area contributed by atoms with E-state index in [1.54, 1.807) is 18.2 Å². The van der Waals surface area contributed by atoms with E-state index in [9.17, 15) is 24.8 Å². The Morgan fingerprint density at radius 3 is 2.65 bits per heavy atom. The molecule has 1 amide bonds. The highest BCUT2D eigenvalue weighted by Crippen LogP contribution is 2.34. The summed E-state index contributed by atoms with van der Waals surface area (Å²) in [7, 11) is 0. The van der Waals surface area contributed by atoms with E-state index in [4.69, 9.17) is 9.47 Å². The second-order valence-corrected chi connectivity index (χ2v) is 5.52. The fraction of sp³-hybridized carbons (Fsp3) is 0.176. The van der Waals surface area contributed by atoms with Gasteiger partial charge in [-0.1, -0.05) is 12.1 Å². The first-order valence-corrected chi connectivity index (χ1v) is 7.59. The lowest BCUT2D eigenvalue weighted by Gasteiger charge is -2.20. The van der Waals surface area contributed by atoms with Crippen molar-refractivity contribution in [2.45, 2.75) is 12.5 Å². The Bertz CT molecular complexity index is 881. The van der Waals surface area contributed by atoms with E-state index in [-0.39, 0.29) is 18.0 Å². The molecule has 0 fully saturated rings. The number of carbonyl (C=O) groups excluding carboxylic acids is 2. The minimum absolute atomic E-state index is 0.0447. The molecule has 0 unspecified atom stereocenters. The molecule has 0 radical (unpaired) electrons. The molecule has 2 aromatic carbocycles. The third-order valence-corrected chi connectivity index (χ3v) is 3.79. The van der Waals surface area contributed by atoms with Crippen LogP contribution in [0.3, 0.4) is 0 Å². The van der Waals surface area contributed by atoms with E-state index in [0.717, 1.165) is 6.07 Å². The number of carboxylic acid groups (broad SMARTS) is 1. The summed E-state index contributed by atoms with van der Waals surface area (Å²) in [5.74, 6) is -1.04. The van der Waals surface area contributed by atoms with Crippen molar-refractivity contribution in [2.75, 3.05) is 6.79 Å². The normalized spacial score (nSPS) is 13.1. The van der Waals surface area contributed by atoms with Gasteiger partial charge in [-0.3, -0.25) is 14.9 Å². The van der Waals surface area contributed by atoms with E-state index in [0.29, 0.717) is 17.1 Å². The fourth-order valence-corrected chi connectivity index (χ4v) is 2.55. The number of benzene rings is 2. The summed E-state index contributed by atoms with van der Waals surface area (Å²) in [6, 6.07) is 9.04. The molecule has 0 saturated carbocycles. The topological polar surface area (TPSA) is 131 Å². The molecule has 1 N–H and O–H groups in total. The molecule has 26 heavy (non-hydrogen) atoms. The van der Waals surface area contributed by atoms with E-state index >= 15 is 0 Å². The van der Waals surface area contributed by atoms with Crippen molar-refractivity contribution in [3.63, 3.8) is 0 Å². The van der Waals surface area contributed by atoms with Gasteiger partial charge in [0.2, 0.25) is 6.79 Å². The predicted octanol–water partition coefficient (Wildman–Crippen LogP) is 0.935. The van der Waals surface area contributed by atoms with Crippen LogP contribution in [0.4, 0.5) is 5.69 Å².